The van der Waals surface area contributed by atoms with E-state index in [4.69, 9.17) is 0 Å². The quantitative estimate of drug-likeness (QED) is 0.781. The van der Waals surface area contributed by atoms with Crippen LogP contribution in [0, 0.1) is 11.6 Å². The minimum atomic E-state index is -0.843. The molecule has 0 saturated carbocycles. The molecule has 0 atom stereocenters. The number of thioether (sulfide) groups is 1. The highest BCUT2D eigenvalue weighted by Gasteiger charge is 2.09. The zero-order valence-corrected chi connectivity index (χ0v) is 13.5. The topological polar surface area (TPSA) is 84.0 Å². The monoisotopic (exact) mass is 352 g/mol. The number of anilines is 2. The normalized spacial score (nSPS) is 10.3. The Morgan fingerprint density at radius 1 is 1.08 bits per heavy atom. The Bertz CT molecular complexity index is 741. The predicted molar refractivity (Wildman–Crippen MR) is 86.7 cm³/mol. The van der Waals surface area contributed by atoms with Crippen molar-refractivity contribution < 1.29 is 18.4 Å². The second kappa shape index (κ2) is 8.34. The van der Waals surface area contributed by atoms with Crippen LogP contribution in [0.5, 0.6) is 0 Å². The Kier molecular flexibility index (Phi) is 6.19. The summed E-state index contributed by atoms with van der Waals surface area (Å²) in [7, 11) is 0. The van der Waals surface area contributed by atoms with Crippen molar-refractivity contribution in [3.05, 3.63) is 42.0 Å². The van der Waals surface area contributed by atoms with Crippen molar-refractivity contribution >= 4 is 35.1 Å². The highest BCUT2D eigenvalue weighted by atomic mass is 32.2. The lowest BCUT2D eigenvalue weighted by Gasteiger charge is -2.06. The summed E-state index contributed by atoms with van der Waals surface area (Å²) in [6.07, 6.45) is 0.332. The standard InChI is InChI=1S/C15H14F2N4O2S/c1-2-13(22)19-12-5-6-15(21-20-12)24-8-14(23)18-11-4-3-9(16)7-10(11)17/h3-7H,2,8H2,1H3,(H,18,23)(H,19,20,22). The van der Waals surface area contributed by atoms with Gasteiger partial charge in [-0.05, 0) is 24.3 Å². The Morgan fingerprint density at radius 2 is 1.88 bits per heavy atom. The molecule has 2 N–H and O–H groups in total. The van der Waals surface area contributed by atoms with Crippen molar-refractivity contribution in [1.29, 1.82) is 0 Å². The Morgan fingerprint density at radius 3 is 2.50 bits per heavy atom. The first-order valence-corrected chi connectivity index (χ1v) is 7.97. The van der Waals surface area contributed by atoms with E-state index in [1.54, 1.807) is 19.1 Å². The summed E-state index contributed by atoms with van der Waals surface area (Å²) in [6.45, 7) is 1.72. The van der Waals surface area contributed by atoms with E-state index in [2.05, 4.69) is 20.8 Å². The molecule has 0 bridgehead atoms. The Labute approximate surface area is 141 Å². The fourth-order valence-electron chi connectivity index (χ4n) is 1.61. The highest BCUT2D eigenvalue weighted by Crippen LogP contribution is 2.18. The minimum Gasteiger partial charge on any atom is -0.323 e. The molecule has 0 unspecified atom stereocenters. The number of hydrogen-bond donors (Lipinski definition) is 2. The first kappa shape index (κ1) is 17.8. The van der Waals surface area contributed by atoms with Crippen LogP contribution in [-0.2, 0) is 9.59 Å². The van der Waals surface area contributed by atoms with Crippen molar-refractivity contribution in [2.75, 3.05) is 16.4 Å². The molecule has 2 aromatic rings. The van der Waals surface area contributed by atoms with Gasteiger partial charge in [-0.1, -0.05) is 18.7 Å². The summed E-state index contributed by atoms with van der Waals surface area (Å²) < 4.78 is 26.2. The molecule has 0 fully saturated rings. The van der Waals surface area contributed by atoms with Crippen LogP contribution in [0.1, 0.15) is 13.3 Å². The highest BCUT2D eigenvalue weighted by molar-refractivity contribution is 7.99. The summed E-state index contributed by atoms with van der Waals surface area (Å²) in [5.74, 6) is -1.90. The molecule has 2 amide bonds. The first-order chi connectivity index (χ1) is 11.5. The molecule has 1 aromatic carbocycles. The summed E-state index contributed by atoms with van der Waals surface area (Å²) in [5.41, 5.74) is -0.0919. The minimum absolute atomic E-state index is 0.0217. The van der Waals surface area contributed by atoms with E-state index in [1.165, 1.54) is 0 Å². The maximum absolute atomic E-state index is 13.4. The third-order valence-corrected chi connectivity index (χ3v) is 3.71. The maximum Gasteiger partial charge on any atom is 0.234 e. The van der Waals surface area contributed by atoms with Crippen LogP contribution in [0.2, 0.25) is 0 Å². The third-order valence-electron chi connectivity index (χ3n) is 2.79. The lowest BCUT2D eigenvalue weighted by molar-refractivity contribution is -0.116. The number of carbonyl (C=O) groups excluding carboxylic acids is 2. The number of aromatic nitrogens is 2. The molecule has 126 valence electrons. The van der Waals surface area contributed by atoms with E-state index >= 15 is 0 Å². The van der Waals surface area contributed by atoms with Gasteiger partial charge < -0.3 is 10.6 Å². The third kappa shape index (κ3) is 5.27. The number of amides is 2. The molecular formula is C15H14F2N4O2S. The lowest BCUT2D eigenvalue weighted by atomic mass is 10.3. The van der Waals surface area contributed by atoms with Gasteiger partial charge in [-0.25, -0.2) is 8.78 Å². The largest absolute Gasteiger partial charge is 0.323 e. The molecule has 1 heterocycles. The van der Waals surface area contributed by atoms with Crippen molar-refractivity contribution in [2.45, 2.75) is 18.4 Å². The van der Waals surface area contributed by atoms with E-state index in [9.17, 15) is 18.4 Å². The van der Waals surface area contributed by atoms with Gasteiger partial charge in [-0.3, -0.25) is 9.59 Å². The van der Waals surface area contributed by atoms with Gasteiger partial charge in [0.2, 0.25) is 11.8 Å². The van der Waals surface area contributed by atoms with Crippen LogP contribution in [0.4, 0.5) is 20.3 Å². The fraction of sp³-hybridized carbons (Fsp3) is 0.200. The van der Waals surface area contributed by atoms with Crippen LogP contribution in [-0.4, -0.2) is 27.8 Å². The SMILES string of the molecule is CCC(=O)Nc1ccc(SCC(=O)Nc2ccc(F)cc2F)nn1. The maximum atomic E-state index is 13.4. The van der Waals surface area contributed by atoms with Gasteiger partial charge in [0.05, 0.1) is 11.4 Å². The van der Waals surface area contributed by atoms with Crippen molar-refractivity contribution in [3.63, 3.8) is 0 Å². The average Bonchev–Trinajstić information content (AvgIpc) is 2.56. The smallest absolute Gasteiger partial charge is 0.234 e. The molecular weight excluding hydrogens is 338 g/mol. The predicted octanol–water partition coefficient (Wildman–Crippen LogP) is 2.83. The second-order valence-corrected chi connectivity index (χ2v) is 5.62. The van der Waals surface area contributed by atoms with Crippen molar-refractivity contribution in [1.82, 2.24) is 10.2 Å². The van der Waals surface area contributed by atoms with Gasteiger partial charge in [0.25, 0.3) is 0 Å². The van der Waals surface area contributed by atoms with Gasteiger partial charge in [-0.15, -0.1) is 10.2 Å². The van der Waals surface area contributed by atoms with Gasteiger partial charge >= 0.3 is 0 Å². The van der Waals surface area contributed by atoms with E-state index in [-0.39, 0.29) is 17.3 Å². The Balaban J connectivity index is 1.86. The van der Waals surface area contributed by atoms with Crippen LogP contribution in [0.25, 0.3) is 0 Å². The van der Waals surface area contributed by atoms with Crippen LogP contribution >= 0.6 is 11.8 Å². The van der Waals surface area contributed by atoms with Gasteiger partial charge in [0.1, 0.15) is 16.7 Å². The number of benzene rings is 1. The molecule has 0 aliphatic heterocycles. The zero-order chi connectivity index (χ0) is 17.5. The summed E-state index contributed by atoms with van der Waals surface area (Å²) in [4.78, 5) is 23.0. The summed E-state index contributed by atoms with van der Waals surface area (Å²) in [5, 5.41) is 13.1. The number of nitrogens with zero attached hydrogens (tertiary/aromatic N) is 2. The second-order valence-electron chi connectivity index (χ2n) is 4.62. The van der Waals surface area contributed by atoms with E-state index < -0.39 is 17.5 Å². The van der Waals surface area contributed by atoms with Crippen molar-refractivity contribution in [2.24, 2.45) is 0 Å². The molecule has 2 rings (SSSR count). The van der Waals surface area contributed by atoms with E-state index in [1.807, 2.05) is 0 Å². The number of hydrogen-bond acceptors (Lipinski definition) is 5. The van der Waals surface area contributed by atoms with Crippen LogP contribution < -0.4 is 10.6 Å². The Hall–Kier alpha value is -2.55. The fourth-order valence-corrected chi connectivity index (χ4v) is 2.23. The molecule has 0 radical (unpaired) electrons. The number of halogens is 2. The molecule has 24 heavy (non-hydrogen) atoms. The first-order valence-electron chi connectivity index (χ1n) is 6.99. The molecule has 0 spiro atoms. The number of carbonyl (C=O) groups is 2. The number of nitrogens with one attached hydrogen (secondary N) is 2. The lowest BCUT2D eigenvalue weighted by Crippen LogP contribution is -2.15. The summed E-state index contributed by atoms with van der Waals surface area (Å²) >= 11 is 1.10. The van der Waals surface area contributed by atoms with Gasteiger partial charge in [0.15, 0.2) is 5.82 Å². The van der Waals surface area contributed by atoms with Gasteiger partial charge in [0, 0.05) is 12.5 Å². The van der Waals surface area contributed by atoms with Crippen LogP contribution in [0.3, 0.4) is 0 Å². The zero-order valence-electron chi connectivity index (χ0n) is 12.7. The average molecular weight is 352 g/mol. The molecule has 0 saturated heterocycles. The van der Waals surface area contributed by atoms with Crippen LogP contribution in [0.15, 0.2) is 35.4 Å². The molecule has 6 nitrogen and oxygen atoms in total. The summed E-state index contributed by atoms with van der Waals surface area (Å²) in [6, 6.07) is 6.07. The molecule has 9 heteroatoms. The molecule has 1 aromatic heterocycles. The van der Waals surface area contributed by atoms with E-state index in [0.29, 0.717) is 23.3 Å². The molecule has 0 aliphatic carbocycles. The number of rotatable bonds is 6. The van der Waals surface area contributed by atoms with E-state index in [0.717, 1.165) is 23.9 Å². The van der Waals surface area contributed by atoms with Crippen molar-refractivity contribution in [3.8, 4) is 0 Å². The van der Waals surface area contributed by atoms with Gasteiger partial charge in [-0.2, -0.15) is 0 Å². The molecule has 0 aliphatic rings.